The highest BCUT2D eigenvalue weighted by molar-refractivity contribution is 9.10. The summed E-state index contributed by atoms with van der Waals surface area (Å²) in [6.45, 7) is 5.84. The Morgan fingerprint density at radius 3 is 2.90 bits per heavy atom. The molecule has 0 fully saturated rings. The minimum Gasteiger partial charge on any atom is -0.487 e. The molecule has 0 bridgehead atoms. The first kappa shape index (κ1) is 16.0. The van der Waals surface area contributed by atoms with E-state index in [4.69, 9.17) is 4.74 Å². The van der Waals surface area contributed by atoms with Gasteiger partial charge in [0.05, 0.1) is 18.2 Å². The van der Waals surface area contributed by atoms with Crippen molar-refractivity contribution < 1.29 is 4.74 Å². The zero-order valence-electron chi connectivity index (χ0n) is 12.8. The molecular formula is C16H22BrN3O. The van der Waals surface area contributed by atoms with Gasteiger partial charge in [-0.15, -0.1) is 0 Å². The molecule has 1 unspecified atom stereocenters. The lowest BCUT2D eigenvalue weighted by Crippen LogP contribution is -2.20. The average Bonchev–Trinajstić information content (AvgIpc) is 2.88. The van der Waals surface area contributed by atoms with Crippen LogP contribution in [0, 0.1) is 0 Å². The summed E-state index contributed by atoms with van der Waals surface area (Å²) in [4.78, 5) is 4.11. The molecule has 4 nitrogen and oxygen atoms in total. The minimum absolute atomic E-state index is 0.254. The van der Waals surface area contributed by atoms with Crippen LogP contribution in [0.15, 0.2) is 35.2 Å². The topological polar surface area (TPSA) is 39.1 Å². The first-order valence-electron chi connectivity index (χ1n) is 7.22. The Labute approximate surface area is 134 Å². The van der Waals surface area contributed by atoms with E-state index >= 15 is 0 Å². The lowest BCUT2D eigenvalue weighted by molar-refractivity contribution is 0.291. The van der Waals surface area contributed by atoms with Gasteiger partial charge in [-0.05, 0) is 38.1 Å². The number of rotatable bonds is 7. The van der Waals surface area contributed by atoms with E-state index in [1.807, 2.05) is 29.9 Å². The third-order valence-corrected chi connectivity index (χ3v) is 3.92. The highest BCUT2D eigenvalue weighted by Crippen LogP contribution is 2.29. The van der Waals surface area contributed by atoms with E-state index in [2.05, 4.69) is 46.1 Å². The van der Waals surface area contributed by atoms with Gasteiger partial charge in [0, 0.05) is 23.1 Å². The van der Waals surface area contributed by atoms with E-state index in [1.54, 1.807) is 6.33 Å². The first-order valence-corrected chi connectivity index (χ1v) is 8.02. The number of imidazole rings is 1. The highest BCUT2D eigenvalue weighted by Gasteiger charge is 2.12. The smallest absolute Gasteiger partial charge is 0.130 e. The molecule has 1 heterocycles. The van der Waals surface area contributed by atoms with Gasteiger partial charge in [-0.2, -0.15) is 0 Å². The fourth-order valence-corrected chi connectivity index (χ4v) is 2.51. The summed E-state index contributed by atoms with van der Waals surface area (Å²) in [5, 5.41) is 3.50. The van der Waals surface area contributed by atoms with E-state index in [9.17, 15) is 0 Å². The van der Waals surface area contributed by atoms with Gasteiger partial charge in [-0.1, -0.05) is 22.9 Å². The Bertz CT molecular complexity index is 583. The van der Waals surface area contributed by atoms with Gasteiger partial charge in [0.1, 0.15) is 12.4 Å². The highest BCUT2D eigenvalue weighted by atomic mass is 79.9. The van der Waals surface area contributed by atoms with Crippen LogP contribution >= 0.6 is 15.9 Å². The molecule has 0 amide bonds. The van der Waals surface area contributed by atoms with Crippen molar-refractivity contribution in [1.82, 2.24) is 14.9 Å². The lowest BCUT2D eigenvalue weighted by Gasteiger charge is -2.18. The second-order valence-corrected chi connectivity index (χ2v) is 6.06. The summed E-state index contributed by atoms with van der Waals surface area (Å²) in [5.41, 5.74) is 2.22. The average molecular weight is 352 g/mol. The van der Waals surface area contributed by atoms with Crippen LogP contribution in [0.3, 0.4) is 0 Å². The molecule has 5 heteroatoms. The van der Waals surface area contributed by atoms with E-state index in [0.29, 0.717) is 6.61 Å². The molecule has 0 spiro atoms. The number of aromatic nitrogens is 2. The molecule has 1 atom stereocenters. The summed E-state index contributed by atoms with van der Waals surface area (Å²) in [6, 6.07) is 6.39. The number of nitrogens with zero attached hydrogens (tertiary/aromatic N) is 2. The van der Waals surface area contributed by atoms with Gasteiger partial charge in [0.15, 0.2) is 0 Å². The van der Waals surface area contributed by atoms with Crippen molar-refractivity contribution in [1.29, 1.82) is 0 Å². The maximum absolute atomic E-state index is 6.00. The number of halogens is 1. The predicted molar refractivity (Wildman–Crippen MR) is 88.4 cm³/mol. The van der Waals surface area contributed by atoms with Gasteiger partial charge >= 0.3 is 0 Å². The number of ether oxygens (including phenoxy) is 1. The third-order valence-electron chi connectivity index (χ3n) is 3.43. The van der Waals surface area contributed by atoms with Crippen LogP contribution in [-0.4, -0.2) is 16.1 Å². The summed E-state index contributed by atoms with van der Waals surface area (Å²) < 4.78 is 9.03. The van der Waals surface area contributed by atoms with Crippen molar-refractivity contribution in [2.45, 2.75) is 32.9 Å². The van der Waals surface area contributed by atoms with Gasteiger partial charge < -0.3 is 14.6 Å². The summed E-state index contributed by atoms with van der Waals surface area (Å²) in [7, 11) is 1.97. The number of aryl methyl sites for hydroxylation is 1. The van der Waals surface area contributed by atoms with Crippen LogP contribution < -0.4 is 10.1 Å². The quantitative estimate of drug-likeness (QED) is 0.823. The lowest BCUT2D eigenvalue weighted by atomic mass is 10.1. The van der Waals surface area contributed by atoms with Crippen molar-refractivity contribution in [2.24, 2.45) is 7.05 Å². The Hall–Kier alpha value is -1.33. The standard InChI is InChI=1S/C16H22BrN3O/c1-4-7-19-12(2)15-8-13(17)5-6-16(15)21-10-14-9-18-11-20(14)3/h5-6,8-9,11-12,19H,4,7,10H2,1-3H3. The van der Waals surface area contributed by atoms with Crippen molar-refractivity contribution in [3.05, 3.63) is 46.5 Å². The zero-order chi connectivity index (χ0) is 15.2. The fourth-order valence-electron chi connectivity index (χ4n) is 2.14. The number of hydrogen-bond acceptors (Lipinski definition) is 3. The monoisotopic (exact) mass is 351 g/mol. The number of benzene rings is 1. The summed E-state index contributed by atoms with van der Waals surface area (Å²) >= 11 is 3.54. The fraction of sp³-hybridized carbons (Fsp3) is 0.438. The van der Waals surface area contributed by atoms with Gasteiger partial charge in [0.2, 0.25) is 0 Å². The van der Waals surface area contributed by atoms with Crippen molar-refractivity contribution in [2.75, 3.05) is 6.54 Å². The summed E-state index contributed by atoms with van der Waals surface area (Å²) in [6.07, 6.45) is 4.73. The van der Waals surface area contributed by atoms with Gasteiger partial charge in [0.25, 0.3) is 0 Å². The third kappa shape index (κ3) is 4.32. The maximum Gasteiger partial charge on any atom is 0.130 e. The Morgan fingerprint density at radius 2 is 2.24 bits per heavy atom. The largest absolute Gasteiger partial charge is 0.487 e. The zero-order valence-corrected chi connectivity index (χ0v) is 14.4. The normalized spacial score (nSPS) is 12.4. The number of nitrogens with one attached hydrogen (secondary N) is 1. The van der Waals surface area contributed by atoms with Crippen LogP contribution in [0.1, 0.15) is 37.6 Å². The van der Waals surface area contributed by atoms with Crippen LogP contribution in [0.5, 0.6) is 5.75 Å². The number of hydrogen-bond donors (Lipinski definition) is 1. The molecule has 2 rings (SSSR count). The van der Waals surface area contributed by atoms with Crippen molar-refractivity contribution >= 4 is 15.9 Å². The maximum atomic E-state index is 6.00. The molecule has 0 aliphatic heterocycles. The second-order valence-electron chi connectivity index (χ2n) is 5.14. The molecule has 1 aromatic carbocycles. The van der Waals surface area contributed by atoms with Crippen molar-refractivity contribution in [3.63, 3.8) is 0 Å². The van der Waals surface area contributed by atoms with E-state index in [0.717, 1.165) is 28.9 Å². The molecule has 2 aromatic rings. The second kappa shape index (κ2) is 7.61. The van der Waals surface area contributed by atoms with Gasteiger partial charge in [-0.25, -0.2) is 4.98 Å². The predicted octanol–water partition coefficient (Wildman–Crippen LogP) is 3.82. The van der Waals surface area contributed by atoms with Crippen LogP contribution in [0.4, 0.5) is 0 Å². The SMILES string of the molecule is CCCNC(C)c1cc(Br)ccc1OCc1cncn1C. The van der Waals surface area contributed by atoms with E-state index < -0.39 is 0 Å². The minimum atomic E-state index is 0.254. The van der Waals surface area contributed by atoms with Crippen LogP contribution in [0.2, 0.25) is 0 Å². The Kier molecular flexibility index (Phi) is 5.82. The molecule has 1 N–H and O–H groups in total. The molecule has 0 saturated carbocycles. The molecular weight excluding hydrogens is 330 g/mol. The molecule has 0 aliphatic carbocycles. The van der Waals surface area contributed by atoms with E-state index in [1.165, 1.54) is 5.56 Å². The molecule has 0 saturated heterocycles. The molecule has 0 aliphatic rings. The van der Waals surface area contributed by atoms with Crippen molar-refractivity contribution in [3.8, 4) is 5.75 Å². The van der Waals surface area contributed by atoms with Crippen LogP contribution in [-0.2, 0) is 13.7 Å². The molecule has 1 aromatic heterocycles. The van der Waals surface area contributed by atoms with E-state index in [-0.39, 0.29) is 6.04 Å². The Balaban J connectivity index is 2.12. The first-order chi connectivity index (χ1) is 10.1. The van der Waals surface area contributed by atoms with Crippen LogP contribution in [0.25, 0.3) is 0 Å². The van der Waals surface area contributed by atoms with Gasteiger partial charge in [-0.3, -0.25) is 0 Å². The Morgan fingerprint density at radius 1 is 1.43 bits per heavy atom. The molecule has 21 heavy (non-hydrogen) atoms. The summed E-state index contributed by atoms with van der Waals surface area (Å²) in [5.74, 6) is 0.913. The molecule has 114 valence electrons. The molecule has 0 radical (unpaired) electrons.